The summed E-state index contributed by atoms with van der Waals surface area (Å²) >= 11 is 0. The van der Waals surface area contributed by atoms with Gasteiger partial charge in [-0.25, -0.2) is 8.42 Å². The Morgan fingerprint density at radius 2 is 1.85 bits per heavy atom. The van der Waals surface area contributed by atoms with Crippen molar-refractivity contribution in [1.29, 1.82) is 0 Å². The molecule has 0 aromatic rings. The summed E-state index contributed by atoms with van der Waals surface area (Å²) in [6, 6.07) is 0.503. The van der Waals surface area contributed by atoms with Crippen molar-refractivity contribution in [3.05, 3.63) is 0 Å². The van der Waals surface area contributed by atoms with E-state index in [1.54, 1.807) is 0 Å². The monoisotopic (exact) mass is 308 g/mol. The van der Waals surface area contributed by atoms with Crippen molar-refractivity contribution in [2.45, 2.75) is 45.3 Å². The number of sulfone groups is 1. The largest absolute Gasteiger partial charge is 0.462 e. The van der Waals surface area contributed by atoms with Crippen LogP contribution in [0.4, 0.5) is 0 Å². The second-order valence-electron chi connectivity index (χ2n) is 5.93. The van der Waals surface area contributed by atoms with Gasteiger partial charge in [0.2, 0.25) is 0 Å². The second-order valence-corrected chi connectivity index (χ2v) is 8.19. The van der Waals surface area contributed by atoms with E-state index in [0.29, 0.717) is 19.1 Å². The molecule has 0 saturated carbocycles. The maximum absolute atomic E-state index is 10.8. The zero-order chi connectivity index (χ0) is 15.6. The fourth-order valence-electron chi connectivity index (χ4n) is 1.62. The van der Waals surface area contributed by atoms with Crippen molar-refractivity contribution in [3.63, 3.8) is 0 Å². The van der Waals surface area contributed by atoms with Crippen molar-refractivity contribution in [3.8, 4) is 0 Å². The van der Waals surface area contributed by atoms with E-state index in [9.17, 15) is 13.2 Å². The number of hydrogen-bond donors (Lipinski definition) is 2. The fourth-order valence-corrected chi connectivity index (χ4v) is 2.11. The van der Waals surface area contributed by atoms with Gasteiger partial charge in [0.05, 0.1) is 5.75 Å². The van der Waals surface area contributed by atoms with E-state index in [4.69, 9.17) is 0 Å². The molecule has 1 aliphatic rings. The first-order valence-corrected chi connectivity index (χ1v) is 8.93. The summed E-state index contributed by atoms with van der Waals surface area (Å²) in [6.07, 6.45) is 3.48. The lowest BCUT2D eigenvalue weighted by Gasteiger charge is -2.23. The number of piperidine rings is 1. The Morgan fingerprint density at radius 3 is 2.20 bits per heavy atom. The molecule has 2 N–H and O–H groups in total. The molecule has 0 aromatic carbocycles. The lowest BCUT2D eigenvalue weighted by atomic mass is 10.1. The third kappa shape index (κ3) is 13.8. The summed E-state index contributed by atoms with van der Waals surface area (Å²) in [6.45, 7) is 8.58. The molecule has 1 rings (SSSR count). The number of nitrogens with one attached hydrogen (secondary N) is 2. The van der Waals surface area contributed by atoms with E-state index in [-0.39, 0.29) is 11.4 Å². The van der Waals surface area contributed by atoms with Crippen LogP contribution in [0.25, 0.3) is 0 Å². The predicted molar refractivity (Wildman–Crippen MR) is 80.5 cm³/mol. The van der Waals surface area contributed by atoms with Gasteiger partial charge in [-0.3, -0.25) is 4.79 Å². The highest BCUT2D eigenvalue weighted by molar-refractivity contribution is 7.90. The Kier molecular flexibility index (Phi) is 9.00. The van der Waals surface area contributed by atoms with Crippen LogP contribution in [-0.2, 0) is 19.4 Å². The molecule has 1 aliphatic heterocycles. The van der Waals surface area contributed by atoms with E-state index in [1.165, 1.54) is 6.26 Å². The van der Waals surface area contributed by atoms with Crippen LogP contribution in [0.15, 0.2) is 0 Å². The number of ether oxygens (including phenoxy) is 1. The zero-order valence-corrected chi connectivity index (χ0v) is 13.8. The van der Waals surface area contributed by atoms with Crippen LogP contribution in [0.3, 0.4) is 0 Å². The number of carbonyl (C=O) groups excluding carboxylic acids is 1. The lowest BCUT2D eigenvalue weighted by molar-refractivity contribution is -0.138. The molecule has 120 valence electrons. The predicted octanol–water partition coefficient (Wildman–Crippen LogP) is 0.331. The third-order valence-electron chi connectivity index (χ3n) is 2.65. The minimum atomic E-state index is -2.80. The molecule has 0 bridgehead atoms. The third-order valence-corrected chi connectivity index (χ3v) is 3.59. The van der Waals surface area contributed by atoms with Crippen LogP contribution in [-0.4, -0.2) is 58.2 Å². The Hall–Kier alpha value is -0.660. The molecule has 0 spiro atoms. The first-order valence-electron chi connectivity index (χ1n) is 6.87. The Labute approximate surface area is 122 Å². The number of rotatable bonds is 5. The molecule has 1 heterocycles. The van der Waals surface area contributed by atoms with E-state index in [0.717, 1.165) is 25.9 Å². The van der Waals surface area contributed by atoms with Gasteiger partial charge in [-0.05, 0) is 46.7 Å². The highest BCUT2D eigenvalue weighted by Gasteiger charge is 2.12. The summed E-state index contributed by atoms with van der Waals surface area (Å²) in [5, 5.41) is 6.52. The maximum Gasteiger partial charge on any atom is 0.293 e. The molecule has 0 atom stereocenters. The standard InChI is InChI=1S/C8H18N2O2S.C5H10O2/c1-13(11,12)7-6-10-8-2-4-9-5-3-8;1-5(2,3)7-4-6/h8-10H,2-7H2,1H3;4H,1-3H3. The van der Waals surface area contributed by atoms with Crippen molar-refractivity contribution in [1.82, 2.24) is 10.6 Å². The van der Waals surface area contributed by atoms with Crippen molar-refractivity contribution >= 4 is 16.3 Å². The van der Waals surface area contributed by atoms with E-state index >= 15 is 0 Å². The molecule has 0 radical (unpaired) electrons. The summed E-state index contributed by atoms with van der Waals surface area (Å²) < 4.78 is 26.2. The molecule has 20 heavy (non-hydrogen) atoms. The number of carbonyl (C=O) groups is 1. The van der Waals surface area contributed by atoms with Gasteiger partial charge in [0.15, 0.2) is 0 Å². The lowest BCUT2D eigenvalue weighted by Crippen LogP contribution is -2.41. The molecule has 0 unspecified atom stereocenters. The molecule has 0 aliphatic carbocycles. The molecule has 7 heteroatoms. The van der Waals surface area contributed by atoms with Crippen LogP contribution in [0.5, 0.6) is 0 Å². The summed E-state index contributed by atoms with van der Waals surface area (Å²) in [7, 11) is -2.80. The first-order chi connectivity index (χ1) is 9.14. The highest BCUT2D eigenvalue weighted by Crippen LogP contribution is 2.02. The van der Waals surface area contributed by atoms with Crippen LogP contribution in [0.1, 0.15) is 33.6 Å². The quantitative estimate of drug-likeness (QED) is 0.712. The molecule has 1 saturated heterocycles. The summed E-state index contributed by atoms with van der Waals surface area (Å²) in [5.41, 5.74) is -0.318. The molecular formula is C13H28N2O4S. The molecule has 1 fully saturated rings. The van der Waals surface area contributed by atoms with Gasteiger partial charge in [0, 0.05) is 18.8 Å². The molecule has 0 amide bonds. The van der Waals surface area contributed by atoms with Crippen LogP contribution in [0.2, 0.25) is 0 Å². The molecule has 6 nitrogen and oxygen atoms in total. The van der Waals surface area contributed by atoms with E-state index in [2.05, 4.69) is 15.4 Å². The summed E-state index contributed by atoms with van der Waals surface area (Å²) in [5.74, 6) is 0.247. The molecular weight excluding hydrogens is 280 g/mol. The van der Waals surface area contributed by atoms with Crippen LogP contribution in [0, 0.1) is 0 Å². The van der Waals surface area contributed by atoms with E-state index < -0.39 is 9.84 Å². The van der Waals surface area contributed by atoms with Crippen molar-refractivity contribution in [2.75, 3.05) is 31.6 Å². The van der Waals surface area contributed by atoms with Gasteiger partial charge in [-0.1, -0.05) is 0 Å². The fraction of sp³-hybridized carbons (Fsp3) is 0.923. The van der Waals surface area contributed by atoms with Gasteiger partial charge in [-0.15, -0.1) is 0 Å². The van der Waals surface area contributed by atoms with E-state index in [1.807, 2.05) is 20.8 Å². The smallest absolute Gasteiger partial charge is 0.293 e. The normalized spacial score (nSPS) is 17.0. The SMILES string of the molecule is CC(C)(C)OC=O.CS(=O)(=O)CCNC1CCNCC1. The summed E-state index contributed by atoms with van der Waals surface area (Å²) in [4.78, 5) is 9.60. The first kappa shape index (κ1) is 19.3. The Morgan fingerprint density at radius 1 is 1.30 bits per heavy atom. The highest BCUT2D eigenvalue weighted by atomic mass is 32.2. The molecule has 0 aromatic heterocycles. The van der Waals surface area contributed by atoms with Gasteiger partial charge in [-0.2, -0.15) is 0 Å². The average molecular weight is 308 g/mol. The topological polar surface area (TPSA) is 84.5 Å². The Balaban J connectivity index is 0.000000441. The minimum Gasteiger partial charge on any atom is -0.462 e. The van der Waals surface area contributed by atoms with Gasteiger partial charge in [0.1, 0.15) is 15.4 Å². The van der Waals surface area contributed by atoms with Crippen LogP contribution >= 0.6 is 0 Å². The minimum absolute atomic E-state index is 0.247. The average Bonchev–Trinajstić information content (AvgIpc) is 2.28. The Bertz CT molecular complexity index is 357. The van der Waals surface area contributed by atoms with Crippen molar-refractivity contribution in [2.24, 2.45) is 0 Å². The van der Waals surface area contributed by atoms with Gasteiger partial charge in [0.25, 0.3) is 6.47 Å². The maximum atomic E-state index is 10.8. The van der Waals surface area contributed by atoms with Gasteiger partial charge >= 0.3 is 0 Å². The number of hydrogen-bond acceptors (Lipinski definition) is 6. The second kappa shape index (κ2) is 9.31. The zero-order valence-electron chi connectivity index (χ0n) is 12.9. The van der Waals surface area contributed by atoms with Crippen LogP contribution < -0.4 is 10.6 Å². The van der Waals surface area contributed by atoms with Crippen molar-refractivity contribution < 1.29 is 17.9 Å². The van der Waals surface area contributed by atoms with Gasteiger partial charge < -0.3 is 15.4 Å².